The Morgan fingerprint density at radius 3 is 2.24 bits per heavy atom. The van der Waals surface area contributed by atoms with Crippen molar-refractivity contribution < 1.29 is 4.74 Å². The lowest BCUT2D eigenvalue weighted by Gasteiger charge is -2.01. The van der Waals surface area contributed by atoms with Crippen LogP contribution in [0, 0.1) is 0 Å². The Kier molecular flexibility index (Phi) is 8.05. The van der Waals surface area contributed by atoms with Gasteiger partial charge in [-0.3, -0.25) is 4.99 Å². The van der Waals surface area contributed by atoms with E-state index in [0.717, 1.165) is 23.4 Å². The van der Waals surface area contributed by atoms with Crippen molar-refractivity contribution >= 4 is 35.9 Å². The van der Waals surface area contributed by atoms with Gasteiger partial charge in [0.05, 0.1) is 12.8 Å². The summed E-state index contributed by atoms with van der Waals surface area (Å²) in [6.45, 7) is 2.22. The number of hydrogen-bond donors (Lipinski definition) is 0. The average molecular weight is 395 g/mol. The molecule has 0 bridgehead atoms. The van der Waals surface area contributed by atoms with Crippen molar-refractivity contribution in [2.45, 2.75) is 26.2 Å². The molecule has 0 N–H and O–H groups in total. The lowest BCUT2D eigenvalue weighted by molar-refractivity contribution is 0.415. The van der Waals surface area contributed by atoms with Crippen LogP contribution in [-0.2, 0) is 6.42 Å². The van der Waals surface area contributed by atoms with Crippen LogP contribution >= 0.6 is 24.0 Å². The quantitative estimate of drug-likeness (QED) is 0.474. The van der Waals surface area contributed by atoms with Crippen molar-refractivity contribution in [1.82, 2.24) is 0 Å². The van der Waals surface area contributed by atoms with E-state index in [9.17, 15) is 0 Å². The maximum Gasteiger partial charge on any atom is 0.118 e. The molecule has 0 aromatic heterocycles. The van der Waals surface area contributed by atoms with Crippen molar-refractivity contribution in [3.8, 4) is 5.75 Å². The third-order valence-corrected chi connectivity index (χ3v) is 3.23. The number of ether oxygens (including phenoxy) is 1. The molecule has 0 amide bonds. The smallest absolute Gasteiger partial charge is 0.118 e. The molecule has 0 radical (unpaired) electrons. The summed E-state index contributed by atoms with van der Waals surface area (Å²) in [4.78, 5) is 4.49. The minimum atomic E-state index is 0. The fraction of sp³-hybridized carbons (Fsp3) is 0.278. The molecule has 21 heavy (non-hydrogen) atoms. The summed E-state index contributed by atoms with van der Waals surface area (Å²) in [7, 11) is 1.67. The molecule has 3 heteroatoms. The molecule has 2 aromatic rings. The molecule has 0 saturated carbocycles. The van der Waals surface area contributed by atoms with E-state index in [-0.39, 0.29) is 24.0 Å². The number of halogens is 1. The van der Waals surface area contributed by atoms with Crippen molar-refractivity contribution in [3.63, 3.8) is 0 Å². The molecule has 0 heterocycles. The number of hydrogen-bond acceptors (Lipinski definition) is 2. The number of nitrogens with zero attached hydrogens (tertiary/aromatic N) is 1. The zero-order valence-electron chi connectivity index (χ0n) is 12.6. The zero-order chi connectivity index (χ0) is 14.2. The van der Waals surface area contributed by atoms with Crippen LogP contribution in [0.3, 0.4) is 0 Å². The first-order valence-corrected chi connectivity index (χ1v) is 7.09. The Hall–Kier alpha value is -1.36. The van der Waals surface area contributed by atoms with E-state index in [4.69, 9.17) is 4.74 Å². The van der Waals surface area contributed by atoms with E-state index in [0.29, 0.717) is 0 Å². The Bertz CT molecular complexity index is 546. The number of benzene rings is 2. The second-order valence-electron chi connectivity index (χ2n) is 4.80. The minimum Gasteiger partial charge on any atom is -0.497 e. The summed E-state index contributed by atoms with van der Waals surface area (Å²) in [5.41, 5.74) is 3.44. The van der Waals surface area contributed by atoms with Gasteiger partial charge in [-0.2, -0.15) is 0 Å². The first-order chi connectivity index (χ1) is 9.81. The number of methoxy groups -OCH3 is 1. The maximum absolute atomic E-state index is 5.13. The zero-order valence-corrected chi connectivity index (χ0v) is 14.9. The van der Waals surface area contributed by atoms with Crippen molar-refractivity contribution in [2.24, 2.45) is 4.99 Å². The molecule has 0 aliphatic heterocycles. The number of unbranched alkanes of at least 4 members (excludes halogenated alkanes) is 1. The van der Waals surface area contributed by atoms with E-state index in [1.807, 2.05) is 30.5 Å². The van der Waals surface area contributed by atoms with Gasteiger partial charge in [-0.25, -0.2) is 0 Å². The summed E-state index contributed by atoms with van der Waals surface area (Å²) in [6.07, 6.45) is 5.51. The van der Waals surface area contributed by atoms with Gasteiger partial charge in [-0.1, -0.05) is 25.5 Å². The van der Waals surface area contributed by atoms with Crippen LogP contribution in [0.15, 0.2) is 53.5 Å². The molecule has 0 spiro atoms. The largest absolute Gasteiger partial charge is 0.497 e. The standard InChI is InChI=1S/C18H21NO.HI/c1-3-4-5-15-6-10-17(11-7-15)19-14-16-8-12-18(20-2)13-9-16;/h6-14H,3-5H2,1-2H3;1H. The highest BCUT2D eigenvalue weighted by Gasteiger charge is 1.94. The second-order valence-corrected chi connectivity index (χ2v) is 4.80. The highest BCUT2D eigenvalue weighted by molar-refractivity contribution is 14.0. The van der Waals surface area contributed by atoms with Gasteiger partial charge in [0.2, 0.25) is 0 Å². The van der Waals surface area contributed by atoms with E-state index in [1.165, 1.54) is 18.4 Å². The van der Waals surface area contributed by atoms with E-state index in [2.05, 4.69) is 36.2 Å². The lowest BCUT2D eigenvalue weighted by Crippen LogP contribution is -1.85. The molecule has 2 nitrogen and oxygen atoms in total. The van der Waals surface area contributed by atoms with Crippen LogP contribution < -0.4 is 4.74 Å². The predicted octanol–water partition coefficient (Wildman–Crippen LogP) is 5.41. The fourth-order valence-corrected chi connectivity index (χ4v) is 1.97. The Morgan fingerprint density at radius 1 is 1.00 bits per heavy atom. The van der Waals surface area contributed by atoms with Gasteiger partial charge in [-0.15, -0.1) is 24.0 Å². The molecule has 2 aromatic carbocycles. The van der Waals surface area contributed by atoms with Crippen LogP contribution in [0.25, 0.3) is 0 Å². The molecule has 112 valence electrons. The average Bonchev–Trinajstić information content (AvgIpc) is 2.52. The predicted molar refractivity (Wildman–Crippen MR) is 101 cm³/mol. The maximum atomic E-state index is 5.13. The summed E-state index contributed by atoms with van der Waals surface area (Å²) < 4.78 is 5.13. The van der Waals surface area contributed by atoms with Gasteiger partial charge < -0.3 is 4.74 Å². The summed E-state index contributed by atoms with van der Waals surface area (Å²) in [5.74, 6) is 0.863. The molecule has 0 unspecified atom stereocenters. The molecule has 0 aliphatic rings. The number of aliphatic imine (C=N–C) groups is 1. The van der Waals surface area contributed by atoms with Gasteiger partial charge >= 0.3 is 0 Å². The van der Waals surface area contributed by atoms with E-state index >= 15 is 0 Å². The normalized spacial score (nSPS) is 10.4. The van der Waals surface area contributed by atoms with E-state index in [1.54, 1.807) is 7.11 Å². The molecular formula is C18H22INO. The highest BCUT2D eigenvalue weighted by atomic mass is 127. The summed E-state index contributed by atoms with van der Waals surface area (Å²) >= 11 is 0. The number of rotatable bonds is 6. The van der Waals surface area contributed by atoms with Gasteiger partial charge in [0.1, 0.15) is 5.75 Å². The van der Waals surface area contributed by atoms with E-state index < -0.39 is 0 Å². The lowest BCUT2D eigenvalue weighted by atomic mass is 10.1. The highest BCUT2D eigenvalue weighted by Crippen LogP contribution is 2.15. The molecular weight excluding hydrogens is 373 g/mol. The third-order valence-electron chi connectivity index (χ3n) is 3.23. The molecule has 2 rings (SSSR count). The van der Waals surface area contributed by atoms with Gasteiger partial charge in [-0.05, 0) is 60.4 Å². The van der Waals surface area contributed by atoms with Crippen LogP contribution in [0.2, 0.25) is 0 Å². The first kappa shape index (κ1) is 17.7. The Balaban J connectivity index is 0.00000220. The van der Waals surface area contributed by atoms with Crippen molar-refractivity contribution in [1.29, 1.82) is 0 Å². The van der Waals surface area contributed by atoms with Crippen molar-refractivity contribution in [2.75, 3.05) is 7.11 Å². The van der Waals surface area contributed by atoms with Crippen LogP contribution in [0.4, 0.5) is 5.69 Å². The number of aryl methyl sites for hydroxylation is 1. The van der Waals surface area contributed by atoms with Crippen LogP contribution in [0.5, 0.6) is 5.75 Å². The van der Waals surface area contributed by atoms with Gasteiger partial charge in [0.25, 0.3) is 0 Å². The topological polar surface area (TPSA) is 21.6 Å². The van der Waals surface area contributed by atoms with Crippen LogP contribution in [-0.4, -0.2) is 13.3 Å². The molecule has 0 atom stereocenters. The monoisotopic (exact) mass is 395 g/mol. The fourth-order valence-electron chi connectivity index (χ4n) is 1.97. The SMILES string of the molecule is CCCCc1ccc(N=Cc2ccc(OC)cc2)cc1.I. The summed E-state index contributed by atoms with van der Waals surface area (Å²) in [5, 5.41) is 0. The summed E-state index contributed by atoms with van der Waals surface area (Å²) in [6, 6.07) is 16.4. The third kappa shape index (κ3) is 5.87. The minimum absolute atomic E-state index is 0. The van der Waals surface area contributed by atoms with Gasteiger partial charge in [0.15, 0.2) is 0 Å². The van der Waals surface area contributed by atoms with Crippen molar-refractivity contribution in [3.05, 3.63) is 59.7 Å². The Morgan fingerprint density at radius 2 is 1.67 bits per heavy atom. The molecule has 0 aliphatic carbocycles. The second kappa shape index (κ2) is 9.55. The Labute approximate surface area is 144 Å². The molecule has 0 saturated heterocycles. The van der Waals surface area contributed by atoms with Crippen LogP contribution in [0.1, 0.15) is 30.9 Å². The first-order valence-electron chi connectivity index (χ1n) is 7.09. The van der Waals surface area contributed by atoms with Gasteiger partial charge in [0, 0.05) is 6.21 Å². The molecule has 0 fully saturated rings.